The van der Waals surface area contributed by atoms with Crippen LogP contribution in [0.4, 0.5) is 45.2 Å². The number of nitrogens with two attached hydrogens (primary N) is 1. The first-order chi connectivity index (χ1) is 18.5. The number of rotatable bonds is 6. The van der Waals surface area contributed by atoms with Crippen molar-refractivity contribution in [3.05, 3.63) is 60.4 Å². The van der Waals surface area contributed by atoms with Crippen molar-refractivity contribution in [3.63, 3.8) is 0 Å². The second-order valence-electron chi connectivity index (χ2n) is 9.27. The molecular weight excluding hydrogens is 523 g/mol. The zero-order valence-electron chi connectivity index (χ0n) is 20.5. The monoisotopic (exact) mass is 546 g/mol. The number of alkyl halides is 3. The van der Waals surface area contributed by atoms with Crippen LogP contribution in [-0.2, 0) is 7.05 Å². The van der Waals surface area contributed by atoms with Crippen molar-refractivity contribution >= 4 is 23.3 Å². The fourth-order valence-electron chi connectivity index (χ4n) is 4.45. The number of aromatic nitrogens is 5. The van der Waals surface area contributed by atoms with Crippen molar-refractivity contribution in [2.75, 3.05) is 35.6 Å². The van der Waals surface area contributed by atoms with Crippen molar-refractivity contribution in [2.24, 2.45) is 12.5 Å². The first kappa shape index (κ1) is 26.3. The Morgan fingerprint density at radius 3 is 2.54 bits per heavy atom. The van der Waals surface area contributed by atoms with E-state index in [9.17, 15) is 27.1 Å². The summed E-state index contributed by atoms with van der Waals surface area (Å²) in [4.78, 5) is 13.8. The van der Waals surface area contributed by atoms with Gasteiger partial charge >= 0.3 is 6.18 Å². The summed E-state index contributed by atoms with van der Waals surface area (Å²) in [6, 6.07) is 8.66. The summed E-state index contributed by atoms with van der Waals surface area (Å²) in [6.45, 7) is -1.26. The van der Waals surface area contributed by atoms with Crippen molar-refractivity contribution in [3.8, 4) is 22.5 Å². The highest BCUT2D eigenvalue weighted by Gasteiger charge is 2.57. The minimum absolute atomic E-state index is 0.0152. The predicted molar refractivity (Wildman–Crippen MR) is 134 cm³/mol. The standard InChI is InChI=1S/C25H23F5N8O/c1-37-23(34-15-3-4-16(18(26)10-15)17-6-8-32-21(31)20(17)27)35-22(36-37)14-2-5-19(33-11-14)38-9-7-24(12-38,13-39)25(28,29)30/h2-6,8,10-11,39H,7,9,12-13H2,1H3,(H2,31,32)(H,34,35,36). The maximum absolute atomic E-state index is 14.8. The number of aliphatic hydroxyl groups is 1. The largest absolute Gasteiger partial charge is 0.398 e. The van der Waals surface area contributed by atoms with E-state index in [2.05, 4.69) is 25.4 Å². The van der Waals surface area contributed by atoms with Crippen molar-refractivity contribution in [2.45, 2.75) is 12.6 Å². The molecule has 4 aromatic rings. The molecule has 39 heavy (non-hydrogen) atoms. The molecular formula is C25H23F5N8O. The van der Waals surface area contributed by atoms with Crippen molar-refractivity contribution in [1.82, 2.24) is 24.7 Å². The fourth-order valence-corrected chi connectivity index (χ4v) is 4.45. The molecule has 0 aliphatic carbocycles. The van der Waals surface area contributed by atoms with Gasteiger partial charge in [0.1, 0.15) is 17.1 Å². The third-order valence-electron chi connectivity index (χ3n) is 6.78. The molecule has 0 radical (unpaired) electrons. The summed E-state index contributed by atoms with van der Waals surface area (Å²) in [5.74, 6) is -0.930. The Bertz CT molecular complexity index is 1510. The maximum Gasteiger partial charge on any atom is 0.398 e. The molecule has 1 unspecified atom stereocenters. The second kappa shape index (κ2) is 9.76. The number of pyridine rings is 2. The van der Waals surface area contributed by atoms with Crippen LogP contribution in [0.2, 0.25) is 0 Å². The van der Waals surface area contributed by atoms with Crippen LogP contribution in [0.1, 0.15) is 6.42 Å². The van der Waals surface area contributed by atoms with Gasteiger partial charge < -0.3 is 21.1 Å². The molecule has 5 rings (SSSR count). The van der Waals surface area contributed by atoms with Crippen LogP contribution < -0.4 is 16.0 Å². The summed E-state index contributed by atoms with van der Waals surface area (Å²) in [5, 5.41) is 16.7. The molecule has 204 valence electrons. The molecule has 4 N–H and O–H groups in total. The molecule has 4 heterocycles. The Morgan fingerprint density at radius 2 is 1.90 bits per heavy atom. The molecule has 1 aliphatic heterocycles. The summed E-state index contributed by atoms with van der Waals surface area (Å²) in [7, 11) is 1.62. The Labute approximate surface area is 219 Å². The van der Waals surface area contributed by atoms with Gasteiger partial charge in [-0.3, -0.25) is 0 Å². The van der Waals surface area contributed by atoms with Crippen LogP contribution in [0.15, 0.2) is 48.8 Å². The number of nitrogens with zero attached hydrogens (tertiary/aromatic N) is 6. The average molecular weight is 547 g/mol. The summed E-state index contributed by atoms with van der Waals surface area (Å²) < 4.78 is 70.9. The van der Waals surface area contributed by atoms with Gasteiger partial charge in [-0.05, 0) is 42.8 Å². The minimum atomic E-state index is -4.52. The number of aryl methyl sites for hydroxylation is 1. The van der Waals surface area contributed by atoms with E-state index < -0.39 is 29.8 Å². The molecule has 9 nitrogen and oxygen atoms in total. The summed E-state index contributed by atoms with van der Waals surface area (Å²) >= 11 is 0. The lowest BCUT2D eigenvalue weighted by molar-refractivity contribution is -0.227. The van der Waals surface area contributed by atoms with Crippen LogP contribution in [0.5, 0.6) is 0 Å². The molecule has 0 bridgehead atoms. The minimum Gasteiger partial charge on any atom is -0.395 e. The zero-order chi connectivity index (χ0) is 27.9. The molecule has 3 aromatic heterocycles. The smallest absolute Gasteiger partial charge is 0.395 e. The number of hydrogen-bond donors (Lipinski definition) is 3. The fraction of sp³-hybridized carbons (Fsp3) is 0.280. The van der Waals surface area contributed by atoms with Gasteiger partial charge in [-0.2, -0.15) is 18.2 Å². The number of halogens is 5. The van der Waals surface area contributed by atoms with Gasteiger partial charge in [-0.1, -0.05) is 0 Å². The van der Waals surface area contributed by atoms with E-state index in [-0.39, 0.29) is 48.2 Å². The lowest BCUT2D eigenvalue weighted by Crippen LogP contribution is -2.43. The van der Waals surface area contributed by atoms with E-state index in [0.717, 1.165) is 0 Å². The van der Waals surface area contributed by atoms with Gasteiger partial charge in [0.25, 0.3) is 0 Å². The van der Waals surface area contributed by atoms with Crippen LogP contribution in [0.3, 0.4) is 0 Å². The van der Waals surface area contributed by atoms with Crippen LogP contribution in [-0.4, -0.2) is 55.7 Å². The number of benzene rings is 1. The van der Waals surface area contributed by atoms with E-state index in [1.54, 1.807) is 25.2 Å². The van der Waals surface area contributed by atoms with Gasteiger partial charge in [-0.25, -0.2) is 23.4 Å². The molecule has 1 aliphatic rings. The van der Waals surface area contributed by atoms with Crippen LogP contribution in [0.25, 0.3) is 22.5 Å². The van der Waals surface area contributed by atoms with Crippen LogP contribution >= 0.6 is 0 Å². The second-order valence-corrected chi connectivity index (χ2v) is 9.27. The topological polar surface area (TPSA) is 118 Å². The van der Waals surface area contributed by atoms with Gasteiger partial charge in [0, 0.05) is 54.9 Å². The van der Waals surface area contributed by atoms with E-state index in [0.29, 0.717) is 17.1 Å². The predicted octanol–water partition coefficient (Wildman–Crippen LogP) is 4.29. The van der Waals surface area contributed by atoms with Gasteiger partial charge in [0.15, 0.2) is 17.5 Å². The highest BCUT2D eigenvalue weighted by molar-refractivity contribution is 5.70. The van der Waals surface area contributed by atoms with Gasteiger partial charge in [0.2, 0.25) is 5.95 Å². The summed E-state index contributed by atoms with van der Waals surface area (Å²) in [6.07, 6.45) is -2.01. The Hall–Kier alpha value is -4.33. The Balaban J connectivity index is 1.32. The number of aliphatic hydroxyl groups excluding tert-OH is 1. The van der Waals surface area contributed by atoms with Crippen LogP contribution in [0, 0.1) is 17.0 Å². The van der Waals surface area contributed by atoms with Gasteiger partial charge in [-0.15, -0.1) is 5.10 Å². The van der Waals surface area contributed by atoms with Crippen molar-refractivity contribution < 1.29 is 27.1 Å². The van der Waals surface area contributed by atoms with E-state index in [1.807, 2.05) is 0 Å². The SMILES string of the molecule is Cn1nc(-c2ccc(N3CCC(CO)(C(F)(F)F)C3)nc2)nc1Nc1ccc(-c2ccnc(N)c2F)c(F)c1. The molecule has 1 atom stereocenters. The molecule has 14 heteroatoms. The number of anilines is 4. The number of nitrogens with one attached hydrogen (secondary N) is 1. The quantitative estimate of drug-likeness (QED) is 0.307. The zero-order valence-corrected chi connectivity index (χ0v) is 20.5. The van der Waals surface area contributed by atoms with Crippen molar-refractivity contribution in [1.29, 1.82) is 0 Å². The number of nitrogen functional groups attached to an aromatic ring is 1. The third kappa shape index (κ3) is 4.82. The van der Waals surface area contributed by atoms with E-state index in [1.165, 1.54) is 40.2 Å². The highest BCUT2D eigenvalue weighted by atomic mass is 19.4. The Kier molecular flexibility index (Phi) is 6.58. The molecule has 1 aromatic carbocycles. The highest BCUT2D eigenvalue weighted by Crippen LogP contribution is 2.45. The summed E-state index contributed by atoms with van der Waals surface area (Å²) in [5.41, 5.74) is 4.16. The lowest BCUT2D eigenvalue weighted by atomic mass is 9.87. The molecule has 0 spiro atoms. The molecule has 1 fully saturated rings. The first-order valence-electron chi connectivity index (χ1n) is 11.8. The Morgan fingerprint density at radius 1 is 1.10 bits per heavy atom. The molecule has 1 saturated heterocycles. The van der Waals surface area contributed by atoms with Gasteiger partial charge in [0.05, 0.1) is 6.61 Å². The first-order valence-corrected chi connectivity index (χ1v) is 11.8. The van der Waals surface area contributed by atoms with E-state index in [4.69, 9.17) is 5.73 Å². The number of hydrogen-bond acceptors (Lipinski definition) is 8. The maximum atomic E-state index is 14.8. The molecule has 0 saturated carbocycles. The molecule has 0 amide bonds. The third-order valence-corrected chi connectivity index (χ3v) is 6.78. The average Bonchev–Trinajstić information content (AvgIpc) is 3.51. The normalized spacial score (nSPS) is 17.6. The lowest BCUT2D eigenvalue weighted by Gasteiger charge is -2.29. The van der Waals surface area contributed by atoms with E-state index >= 15 is 0 Å².